The van der Waals surface area contributed by atoms with Gasteiger partial charge in [-0.1, -0.05) is 39.0 Å². The van der Waals surface area contributed by atoms with Crippen molar-refractivity contribution < 1.29 is 9.59 Å². The highest BCUT2D eigenvalue weighted by Gasteiger charge is 2.37. The Morgan fingerprint density at radius 3 is 2.24 bits per heavy atom. The maximum Gasteiger partial charge on any atom is 0.277 e. The van der Waals surface area contributed by atoms with Gasteiger partial charge in [0.2, 0.25) is 5.91 Å². The summed E-state index contributed by atoms with van der Waals surface area (Å²) in [5.41, 5.74) is 7.96. The Morgan fingerprint density at radius 2 is 1.73 bits per heavy atom. The minimum atomic E-state index is -1.05. The van der Waals surface area contributed by atoms with Gasteiger partial charge in [0.25, 0.3) is 5.91 Å². The second-order valence-corrected chi connectivity index (χ2v) is 10.1. The third-order valence-electron chi connectivity index (χ3n) is 5.13. The number of imidazole rings is 1. The van der Waals surface area contributed by atoms with Crippen molar-refractivity contribution in [2.24, 2.45) is 0 Å². The number of hydrogen-bond donors (Lipinski definition) is 3. The molecular formula is C25H32N6O2. The van der Waals surface area contributed by atoms with Gasteiger partial charge in [-0.2, -0.15) is 0 Å². The smallest absolute Gasteiger partial charge is 0.277 e. The molecule has 0 aliphatic heterocycles. The van der Waals surface area contributed by atoms with Gasteiger partial charge in [-0.3, -0.25) is 14.5 Å². The molecule has 2 heterocycles. The summed E-state index contributed by atoms with van der Waals surface area (Å²) in [6.07, 6.45) is 4.41. The molecule has 4 N–H and O–H groups in total. The summed E-state index contributed by atoms with van der Waals surface area (Å²) in [5.74, 6) is -0.594. The van der Waals surface area contributed by atoms with Crippen LogP contribution in [0.25, 0.3) is 0 Å². The summed E-state index contributed by atoms with van der Waals surface area (Å²) in [4.78, 5) is 39.7. The number of aromatic nitrogens is 3. The van der Waals surface area contributed by atoms with E-state index in [1.54, 1.807) is 18.3 Å². The lowest BCUT2D eigenvalue weighted by molar-refractivity contribution is -0.123. The first kappa shape index (κ1) is 24.0. The van der Waals surface area contributed by atoms with Gasteiger partial charge in [0.15, 0.2) is 0 Å². The number of rotatable bonds is 5. The molecule has 2 amide bonds. The van der Waals surface area contributed by atoms with Gasteiger partial charge in [0.1, 0.15) is 17.6 Å². The highest BCUT2D eigenvalue weighted by molar-refractivity contribution is 6.09. The average molecular weight is 449 g/mol. The molecule has 1 unspecified atom stereocenters. The number of hydrogen-bond acceptors (Lipinski definition) is 5. The molecule has 8 heteroatoms. The number of carbonyl (C=O) groups is 2. The number of anilines is 2. The molecule has 0 saturated heterocycles. The van der Waals surface area contributed by atoms with Crippen molar-refractivity contribution in [3.05, 3.63) is 71.9 Å². The maximum absolute atomic E-state index is 13.7. The zero-order valence-electron chi connectivity index (χ0n) is 20.0. The molecule has 0 fully saturated rings. The van der Waals surface area contributed by atoms with Gasteiger partial charge in [0, 0.05) is 23.0 Å². The number of benzene rings is 1. The first-order valence-electron chi connectivity index (χ1n) is 10.8. The minimum Gasteiger partial charge on any atom is -0.383 e. The summed E-state index contributed by atoms with van der Waals surface area (Å²) < 4.78 is 0. The molecule has 33 heavy (non-hydrogen) atoms. The third kappa shape index (κ3) is 5.58. The van der Waals surface area contributed by atoms with Crippen molar-refractivity contribution in [1.29, 1.82) is 0 Å². The molecule has 0 radical (unpaired) electrons. The quantitative estimate of drug-likeness (QED) is 0.546. The first-order chi connectivity index (χ1) is 15.4. The lowest BCUT2D eigenvalue weighted by Crippen LogP contribution is -2.49. The van der Waals surface area contributed by atoms with E-state index >= 15 is 0 Å². The fraction of sp³-hybridized carbons (Fsp3) is 0.360. The average Bonchev–Trinajstić information content (AvgIpc) is 3.25. The van der Waals surface area contributed by atoms with Crippen LogP contribution in [0, 0.1) is 0 Å². The predicted octanol–water partition coefficient (Wildman–Crippen LogP) is 3.99. The predicted molar refractivity (Wildman–Crippen MR) is 130 cm³/mol. The van der Waals surface area contributed by atoms with E-state index in [4.69, 9.17) is 5.73 Å². The SMILES string of the molecule is CC(C)(C)NC(=O)C(c1cccnc1N)N(C(=O)c1cnc[nH]1)c1ccc(C(C)(C)C)cc1. The number of carbonyl (C=O) groups excluding carboxylic acids is 2. The molecule has 0 spiro atoms. The molecule has 1 aromatic carbocycles. The summed E-state index contributed by atoms with van der Waals surface area (Å²) in [6.45, 7) is 12.0. The number of aromatic amines is 1. The number of nitrogens with one attached hydrogen (secondary N) is 2. The number of amides is 2. The molecule has 3 rings (SSSR count). The zero-order valence-corrected chi connectivity index (χ0v) is 20.0. The fourth-order valence-corrected chi connectivity index (χ4v) is 3.50. The van der Waals surface area contributed by atoms with Crippen molar-refractivity contribution in [1.82, 2.24) is 20.3 Å². The Hall–Kier alpha value is -3.68. The lowest BCUT2D eigenvalue weighted by Gasteiger charge is -2.34. The maximum atomic E-state index is 13.7. The van der Waals surface area contributed by atoms with Crippen molar-refractivity contribution in [2.75, 3.05) is 10.6 Å². The van der Waals surface area contributed by atoms with Gasteiger partial charge >= 0.3 is 0 Å². The number of nitrogen functional groups attached to an aromatic ring is 1. The first-order valence-corrected chi connectivity index (χ1v) is 10.8. The summed E-state index contributed by atoms with van der Waals surface area (Å²) in [5, 5.41) is 2.99. The van der Waals surface area contributed by atoms with Crippen LogP contribution < -0.4 is 16.0 Å². The molecule has 1 atom stereocenters. The third-order valence-corrected chi connectivity index (χ3v) is 5.13. The van der Waals surface area contributed by atoms with Crippen LogP contribution in [0.4, 0.5) is 11.5 Å². The van der Waals surface area contributed by atoms with E-state index in [2.05, 4.69) is 41.0 Å². The molecule has 0 aliphatic carbocycles. The van der Waals surface area contributed by atoms with Crippen molar-refractivity contribution in [3.8, 4) is 0 Å². The molecule has 8 nitrogen and oxygen atoms in total. The number of pyridine rings is 1. The molecule has 174 valence electrons. The van der Waals surface area contributed by atoms with Crippen LogP contribution in [0.1, 0.15) is 69.2 Å². The molecular weight excluding hydrogens is 416 g/mol. The van der Waals surface area contributed by atoms with E-state index in [1.165, 1.54) is 17.4 Å². The fourth-order valence-electron chi connectivity index (χ4n) is 3.50. The van der Waals surface area contributed by atoms with Crippen LogP contribution in [-0.4, -0.2) is 32.3 Å². The lowest BCUT2D eigenvalue weighted by atomic mass is 9.87. The van der Waals surface area contributed by atoms with Gasteiger partial charge < -0.3 is 16.0 Å². The van der Waals surface area contributed by atoms with E-state index in [9.17, 15) is 9.59 Å². The number of nitrogens with two attached hydrogens (primary N) is 1. The highest BCUT2D eigenvalue weighted by atomic mass is 16.2. The highest BCUT2D eigenvalue weighted by Crippen LogP contribution is 2.33. The van der Waals surface area contributed by atoms with Gasteiger partial charge in [-0.25, -0.2) is 9.97 Å². The van der Waals surface area contributed by atoms with Gasteiger partial charge in [-0.15, -0.1) is 0 Å². The molecule has 0 bridgehead atoms. The summed E-state index contributed by atoms with van der Waals surface area (Å²) in [6, 6.07) is 9.99. The topological polar surface area (TPSA) is 117 Å². The van der Waals surface area contributed by atoms with Gasteiger partial charge in [-0.05, 0) is 49.9 Å². The van der Waals surface area contributed by atoms with Crippen LogP contribution in [0.15, 0.2) is 55.1 Å². The Morgan fingerprint density at radius 1 is 1.06 bits per heavy atom. The molecule has 0 aliphatic rings. The zero-order chi connectivity index (χ0) is 24.4. The van der Waals surface area contributed by atoms with Crippen LogP contribution in [0.5, 0.6) is 0 Å². The minimum absolute atomic E-state index is 0.0620. The molecule has 3 aromatic rings. The van der Waals surface area contributed by atoms with E-state index < -0.39 is 17.5 Å². The second-order valence-electron chi connectivity index (χ2n) is 10.1. The monoisotopic (exact) mass is 448 g/mol. The standard InChI is InChI=1S/C25H32N6O2/c1-24(2,3)16-9-11-17(12-10-16)31(23(33)19-14-27-15-29-19)20(22(32)30-25(4,5)6)18-8-7-13-28-21(18)26/h7-15,20H,1-6H3,(H2,26,28)(H,27,29)(H,30,32). The number of H-pyrrole nitrogens is 1. The Labute approximate surface area is 194 Å². The van der Waals surface area contributed by atoms with E-state index in [0.29, 0.717) is 11.3 Å². The van der Waals surface area contributed by atoms with E-state index in [1.807, 2.05) is 45.0 Å². The van der Waals surface area contributed by atoms with E-state index in [-0.39, 0.29) is 22.8 Å². The van der Waals surface area contributed by atoms with Crippen molar-refractivity contribution in [2.45, 2.75) is 58.5 Å². The summed E-state index contributed by atoms with van der Waals surface area (Å²) >= 11 is 0. The van der Waals surface area contributed by atoms with E-state index in [0.717, 1.165) is 5.56 Å². The van der Waals surface area contributed by atoms with Crippen LogP contribution >= 0.6 is 0 Å². The van der Waals surface area contributed by atoms with Crippen molar-refractivity contribution >= 4 is 23.3 Å². The Kier molecular flexibility index (Phi) is 6.58. The normalized spacial score (nSPS) is 12.8. The largest absolute Gasteiger partial charge is 0.383 e. The summed E-state index contributed by atoms with van der Waals surface area (Å²) in [7, 11) is 0. The van der Waals surface area contributed by atoms with Crippen LogP contribution in [-0.2, 0) is 10.2 Å². The van der Waals surface area contributed by atoms with Crippen molar-refractivity contribution in [3.63, 3.8) is 0 Å². The Bertz CT molecular complexity index is 1110. The molecule has 2 aromatic heterocycles. The molecule has 0 saturated carbocycles. The van der Waals surface area contributed by atoms with Crippen LogP contribution in [0.3, 0.4) is 0 Å². The van der Waals surface area contributed by atoms with Crippen LogP contribution in [0.2, 0.25) is 0 Å². The Balaban J connectivity index is 2.20. The number of nitrogens with zero attached hydrogens (tertiary/aromatic N) is 3. The van der Waals surface area contributed by atoms with Gasteiger partial charge in [0.05, 0.1) is 12.5 Å². The second kappa shape index (κ2) is 9.05.